The SMILES string of the molecule is CC1C=CC2=c3ccccc3=C3CC(C)(C)CC1=C23. The highest BCUT2D eigenvalue weighted by Gasteiger charge is 2.36. The van der Waals surface area contributed by atoms with Crippen LogP contribution in [0.15, 0.2) is 47.6 Å². The van der Waals surface area contributed by atoms with E-state index in [1.165, 1.54) is 28.9 Å². The zero-order chi connectivity index (χ0) is 13.2. The van der Waals surface area contributed by atoms with E-state index < -0.39 is 0 Å². The standard InChI is InChI=1S/C19H20/c1-12-8-9-15-13-6-4-5-7-14(13)17-11-19(2,3)10-16(12)18(15)17/h4-9,12H,10-11H2,1-3H3. The van der Waals surface area contributed by atoms with Crippen molar-refractivity contribution in [1.29, 1.82) is 0 Å². The maximum absolute atomic E-state index is 2.41. The molecule has 0 heteroatoms. The number of rotatable bonds is 0. The van der Waals surface area contributed by atoms with Crippen LogP contribution in [0.5, 0.6) is 0 Å². The van der Waals surface area contributed by atoms with E-state index in [0.717, 1.165) is 0 Å². The zero-order valence-corrected chi connectivity index (χ0v) is 12.0. The van der Waals surface area contributed by atoms with E-state index in [-0.39, 0.29) is 0 Å². The molecule has 1 aromatic rings. The summed E-state index contributed by atoms with van der Waals surface area (Å²) in [5.41, 5.74) is 6.74. The minimum Gasteiger partial charge on any atom is -0.0770 e. The Kier molecular flexibility index (Phi) is 2.08. The molecule has 0 N–H and O–H groups in total. The van der Waals surface area contributed by atoms with E-state index in [2.05, 4.69) is 57.2 Å². The molecule has 0 radical (unpaired) electrons. The molecule has 1 aromatic carbocycles. The molecule has 1 unspecified atom stereocenters. The van der Waals surface area contributed by atoms with Crippen LogP contribution in [-0.4, -0.2) is 0 Å². The Morgan fingerprint density at radius 1 is 1.05 bits per heavy atom. The molecule has 96 valence electrons. The summed E-state index contributed by atoms with van der Waals surface area (Å²) in [6.07, 6.45) is 7.20. The molecule has 0 spiro atoms. The average Bonchev–Trinajstić information content (AvgIpc) is 2.68. The van der Waals surface area contributed by atoms with Gasteiger partial charge in [0.25, 0.3) is 0 Å². The Morgan fingerprint density at radius 3 is 2.58 bits per heavy atom. The molecule has 0 aliphatic heterocycles. The molecule has 0 heterocycles. The van der Waals surface area contributed by atoms with Crippen molar-refractivity contribution in [3.63, 3.8) is 0 Å². The first-order valence-corrected chi connectivity index (χ1v) is 7.31. The van der Waals surface area contributed by atoms with Crippen molar-refractivity contribution in [1.82, 2.24) is 0 Å². The van der Waals surface area contributed by atoms with Crippen molar-refractivity contribution in [2.75, 3.05) is 0 Å². The lowest BCUT2D eigenvalue weighted by molar-refractivity contribution is 0.353. The van der Waals surface area contributed by atoms with Crippen LogP contribution in [0.1, 0.15) is 33.6 Å². The summed E-state index contributed by atoms with van der Waals surface area (Å²) in [5.74, 6) is 0.600. The monoisotopic (exact) mass is 248 g/mol. The molecular formula is C19H20. The van der Waals surface area contributed by atoms with Crippen molar-refractivity contribution >= 4 is 11.1 Å². The third-order valence-corrected chi connectivity index (χ3v) is 4.86. The van der Waals surface area contributed by atoms with Crippen molar-refractivity contribution < 1.29 is 0 Å². The predicted octanol–water partition coefficient (Wildman–Crippen LogP) is 3.32. The first kappa shape index (κ1) is 11.3. The number of hydrogen-bond acceptors (Lipinski definition) is 0. The fourth-order valence-corrected chi connectivity index (χ4v) is 4.03. The van der Waals surface area contributed by atoms with Gasteiger partial charge in [-0.1, -0.05) is 62.8 Å². The Morgan fingerprint density at radius 2 is 1.79 bits per heavy atom. The van der Waals surface area contributed by atoms with Gasteiger partial charge in [0.05, 0.1) is 0 Å². The van der Waals surface area contributed by atoms with E-state index in [1.807, 2.05) is 0 Å². The minimum atomic E-state index is 0.399. The van der Waals surface area contributed by atoms with Crippen LogP contribution in [0.4, 0.5) is 0 Å². The molecule has 0 aromatic heterocycles. The zero-order valence-electron chi connectivity index (χ0n) is 12.0. The van der Waals surface area contributed by atoms with Crippen LogP contribution in [0.2, 0.25) is 0 Å². The Labute approximate surface area is 114 Å². The van der Waals surface area contributed by atoms with Crippen molar-refractivity contribution in [2.45, 2.75) is 33.6 Å². The normalized spacial score (nSPS) is 26.6. The lowest BCUT2D eigenvalue weighted by Gasteiger charge is -2.37. The maximum Gasteiger partial charge on any atom is -0.00388 e. The van der Waals surface area contributed by atoms with E-state index in [9.17, 15) is 0 Å². The van der Waals surface area contributed by atoms with Crippen molar-refractivity contribution in [2.24, 2.45) is 11.3 Å². The summed E-state index contributed by atoms with van der Waals surface area (Å²) in [4.78, 5) is 0. The molecule has 0 saturated carbocycles. The van der Waals surface area contributed by atoms with E-state index in [0.29, 0.717) is 11.3 Å². The number of allylic oxidation sites excluding steroid dienone is 4. The number of benzene rings is 1. The second kappa shape index (κ2) is 3.50. The molecule has 0 nitrogen and oxygen atoms in total. The van der Waals surface area contributed by atoms with Gasteiger partial charge in [-0.05, 0) is 51.3 Å². The fraction of sp³-hybridized carbons (Fsp3) is 0.368. The number of fused-ring (bicyclic) bond motifs is 1. The van der Waals surface area contributed by atoms with Gasteiger partial charge in [0.1, 0.15) is 0 Å². The van der Waals surface area contributed by atoms with Gasteiger partial charge in [0, 0.05) is 0 Å². The first-order valence-electron chi connectivity index (χ1n) is 7.31. The Balaban J connectivity index is 2.16. The summed E-state index contributed by atoms with van der Waals surface area (Å²) in [6.45, 7) is 7.17. The molecule has 3 aliphatic carbocycles. The number of hydrogen-bond donors (Lipinski definition) is 0. The summed E-state index contributed by atoms with van der Waals surface area (Å²) in [7, 11) is 0. The minimum absolute atomic E-state index is 0.399. The molecule has 4 rings (SSSR count). The van der Waals surface area contributed by atoms with Gasteiger partial charge in [-0.3, -0.25) is 0 Å². The van der Waals surface area contributed by atoms with Gasteiger partial charge >= 0.3 is 0 Å². The van der Waals surface area contributed by atoms with Crippen molar-refractivity contribution in [3.05, 3.63) is 58.0 Å². The summed E-state index contributed by atoms with van der Waals surface area (Å²) in [5, 5.41) is 2.93. The van der Waals surface area contributed by atoms with Gasteiger partial charge < -0.3 is 0 Å². The smallest absolute Gasteiger partial charge is 0.00388 e. The Hall–Kier alpha value is -1.56. The molecule has 0 amide bonds. The van der Waals surface area contributed by atoms with Crippen LogP contribution in [0.3, 0.4) is 0 Å². The highest BCUT2D eigenvalue weighted by atomic mass is 14.4. The topological polar surface area (TPSA) is 0 Å². The molecular weight excluding hydrogens is 228 g/mol. The van der Waals surface area contributed by atoms with E-state index >= 15 is 0 Å². The Bertz CT molecular complexity index is 753. The third kappa shape index (κ3) is 1.46. The highest BCUT2D eigenvalue weighted by Crippen LogP contribution is 2.49. The van der Waals surface area contributed by atoms with Gasteiger partial charge in [-0.15, -0.1) is 0 Å². The lowest BCUT2D eigenvalue weighted by atomic mass is 9.67. The second-order valence-electron chi connectivity index (χ2n) is 7.00. The molecule has 19 heavy (non-hydrogen) atoms. The predicted molar refractivity (Wildman–Crippen MR) is 80.9 cm³/mol. The quantitative estimate of drug-likeness (QED) is 0.660. The van der Waals surface area contributed by atoms with Gasteiger partial charge in [0.2, 0.25) is 0 Å². The lowest BCUT2D eigenvalue weighted by Crippen LogP contribution is -2.26. The van der Waals surface area contributed by atoms with Gasteiger partial charge in [-0.2, -0.15) is 0 Å². The van der Waals surface area contributed by atoms with Crippen LogP contribution in [0, 0.1) is 11.3 Å². The first-order chi connectivity index (χ1) is 9.07. The molecule has 1 atom stereocenters. The van der Waals surface area contributed by atoms with Crippen LogP contribution in [0.25, 0.3) is 11.1 Å². The van der Waals surface area contributed by atoms with Crippen LogP contribution >= 0.6 is 0 Å². The molecule has 3 aliphatic rings. The third-order valence-electron chi connectivity index (χ3n) is 4.86. The van der Waals surface area contributed by atoms with Crippen LogP contribution in [-0.2, 0) is 0 Å². The summed E-state index contributed by atoms with van der Waals surface area (Å²) >= 11 is 0. The largest absolute Gasteiger partial charge is 0.0770 e. The fourth-order valence-electron chi connectivity index (χ4n) is 4.03. The van der Waals surface area contributed by atoms with Gasteiger partial charge in [0.15, 0.2) is 0 Å². The average molecular weight is 248 g/mol. The van der Waals surface area contributed by atoms with E-state index in [4.69, 9.17) is 0 Å². The molecule has 0 saturated heterocycles. The molecule has 0 fully saturated rings. The maximum atomic E-state index is 2.41. The second-order valence-corrected chi connectivity index (χ2v) is 7.00. The van der Waals surface area contributed by atoms with Crippen LogP contribution < -0.4 is 10.4 Å². The highest BCUT2D eigenvalue weighted by molar-refractivity contribution is 5.96. The van der Waals surface area contributed by atoms with Gasteiger partial charge in [-0.25, -0.2) is 0 Å². The summed E-state index contributed by atoms with van der Waals surface area (Å²) in [6, 6.07) is 8.94. The molecule has 0 bridgehead atoms. The van der Waals surface area contributed by atoms with E-state index in [1.54, 1.807) is 16.7 Å². The van der Waals surface area contributed by atoms with Crippen molar-refractivity contribution in [3.8, 4) is 0 Å². The summed E-state index contributed by atoms with van der Waals surface area (Å²) < 4.78 is 0.